The van der Waals surface area contributed by atoms with Crippen molar-refractivity contribution in [3.63, 3.8) is 0 Å². The fourth-order valence-electron chi connectivity index (χ4n) is 5.09. The van der Waals surface area contributed by atoms with E-state index < -0.39 is 45.2 Å². The van der Waals surface area contributed by atoms with Crippen LogP contribution in [0.4, 0.5) is 5.69 Å². The second-order valence-corrected chi connectivity index (χ2v) is 9.33. The first-order chi connectivity index (χ1) is 18.2. The molecule has 0 radical (unpaired) electrons. The van der Waals surface area contributed by atoms with Crippen molar-refractivity contribution in [3.8, 4) is 5.75 Å². The Morgan fingerprint density at radius 1 is 0.974 bits per heavy atom. The molecule has 0 heterocycles. The molecule has 1 fully saturated rings. The molecular formula is C29H26N2O7. The van der Waals surface area contributed by atoms with Crippen LogP contribution >= 0.6 is 0 Å². The van der Waals surface area contributed by atoms with Gasteiger partial charge in [-0.1, -0.05) is 60.2 Å². The summed E-state index contributed by atoms with van der Waals surface area (Å²) in [5, 5.41) is 24.0. The number of hydrogen-bond acceptors (Lipinski definition) is 7. The molecule has 194 valence electrons. The maximum absolute atomic E-state index is 13.5. The van der Waals surface area contributed by atoms with Gasteiger partial charge in [0.05, 0.1) is 29.8 Å². The molecule has 3 aromatic rings. The fraction of sp³-hybridized carbons (Fsp3) is 0.241. The van der Waals surface area contributed by atoms with Crippen LogP contribution in [0.1, 0.15) is 40.5 Å². The number of nitrogens with zero attached hydrogens (tertiary/aromatic N) is 2. The van der Waals surface area contributed by atoms with Gasteiger partial charge in [-0.15, -0.1) is 0 Å². The van der Waals surface area contributed by atoms with Crippen molar-refractivity contribution in [2.45, 2.75) is 31.2 Å². The van der Waals surface area contributed by atoms with Crippen molar-refractivity contribution in [1.29, 1.82) is 0 Å². The Labute approximate surface area is 219 Å². The Morgan fingerprint density at radius 3 is 2.26 bits per heavy atom. The zero-order valence-electron chi connectivity index (χ0n) is 20.9. The Morgan fingerprint density at radius 2 is 1.66 bits per heavy atom. The minimum Gasteiger partial charge on any atom is -0.497 e. The van der Waals surface area contributed by atoms with Gasteiger partial charge in [0.25, 0.3) is 5.69 Å². The molecule has 0 amide bonds. The van der Waals surface area contributed by atoms with Gasteiger partial charge >= 0.3 is 0 Å². The van der Waals surface area contributed by atoms with Crippen molar-refractivity contribution >= 4 is 23.3 Å². The molecule has 0 spiro atoms. The number of carbonyl (C=O) groups excluding carboxylic acids is 2. The number of ketones is 2. The topological polar surface area (TPSA) is 130 Å². The lowest BCUT2D eigenvalue weighted by molar-refractivity contribution is -0.533. The third kappa shape index (κ3) is 5.51. The van der Waals surface area contributed by atoms with Gasteiger partial charge in [0.2, 0.25) is 6.04 Å². The fourth-order valence-corrected chi connectivity index (χ4v) is 5.09. The minimum absolute atomic E-state index is 0.203. The first-order valence-electron chi connectivity index (χ1n) is 12.0. The van der Waals surface area contributed by atoms with Crippen LogP contribution in [-0.2, 0) is 9.59 Å². The molecule has 0 aliphatic heterocycles. The Kier molecular flexibility index (Phi) is 7.76. The van der Waals surface area contributed by atoms with Gasteiger partial charge in [-0.05, 0) is 41.8 Å². The highest BCUT2D eigenvalue weighted by Gasteiger charge is 2.54. The summed E-state index contributed by atoms with van der Waals surface area (Å²) in [6.07, 6.45) is 2.62. The summed E-state index contributed by atoms with van der Waals surface area (Å²) in [4.78, 5) is 49.9. The number of hydrogen-bond donors (Lipinski definition) is 0. The van der Waals surface area contributed by atoms with Gasteiger partial charge in [-0.3, -0.25) is 29.8 Å². The number of carbonyl (C=O) groups is 2. The number of nitro benzene ring substituents is 1. The average Bonchev–Trinajstić information content (AvgIpc) is 2.91. The summed E-state index contributed by atoms with van der Waals surface area (Å²) in [6, 6.07) is 18.1. The third-order valence-corrected chi connectivity index (χ3v) is 6.98. The number of non-ortho nitro benzene ring substituents is 1. The number of aryl methyl sites for hydroxylation is 1. The third-order valence-electron chi connectivity index (χ3n) is 6.98. The highest BCUT2D eigenvalue weighted by atomic mass is 16.6. The van der Waals surface area contributed by atoms with Crippen LogP contribution in [0.15, 0.2) is 78.9 Å². The average molecular weight is 515 g/mol. The van der Waals surface area contributed by atoms with Crippen LogP contribution in [0.3, 0.4) is 0 Å². The first kappa shape index (κ1) is 26.4. The predicted molar refractivity (Wildman–Crippen MR) is 141 cm³/mol. The molecule has 4 rings (SSSR count). The van der Waals surface area contributed by atoms with Crippen LogP contribution in [0.2, 0.25) is 0 Å². The maximum Gasteiger partial charge on any atom is 0.269 e. The van der Waals surface area contributed by atoms with Crippen molar-refractivity contribution in [2.24, 2.45) is 5.92 Å². The molecule has 1 saturated carbocycles. The highest BCUT2D eigenvalue weighted by Crippen LogP contribution is 2.46. The summed E-state index contributed by atoms with van der Waals surface area (Å²) in [7, 11) is 1.50. The van der Waals surface area contributed by atoms with Crippen molar-refractivity contribution < 1.29 is 24.2 Å². The van der Waals surface area contributed by atoms with Gasteiger partial charge in [0.1, 0.15) is 11.5 Å². The Balaban J connectivity index is 1.81. The van der Waals surface area contributed by atoms with E-state index >= 15 is 0 Å². The number of nitro groups is 2. The normalized spacial score (nSPS) is 21.3. The van der Waals surface area contributed by atoms with E-state index in [-0.39, 0.29) is 17.7 Å². The summed E-state index contributed by atoms with van der Waals surface area (Å²) >= 11 is 0. The van der Waals surface area contributed by atoms with Crippen LogP contribution in [-0.4, -0.2) is 34.6 Å². The zero-order chi connectivity index (χ0) is 27.4. The number of methoxy groups -OCH3 is 1. The Bertz CT molecular complexity index is 1400. The summed E-state index contributed by atoms with van der Waals surface area (Å²) in [5.74, 6) is -3.86. The molecule has 0 N–H and O–H groups in total. The number of Topliss-reactive ketones (excluding diaryl/α,β-unsaturated/α-hetero) is 1. The van der Waals surface area contributed by atoms with Crippen molar-refractivity contribution in [1.82, 2.24) is 0 Å². The summed E-state index contributed by atoms with van der Waals surface area (Å²) in [6.45, 7) is 1.93. The second-order valence-electron chi connectivity index (χ2n) is 9.33. The highest BCUT2D eigenvalue weighted by molar-refractivity contribution is 6.10. The Hall–Kier alpha value is -4.66. The van der Waals surface area contributed by atoms with E-state index in [9.17, 15) is 29.8 Å². The lowest BCUT2D eigenvalue weighted by Gasteiger charge is -2.36. The van der Waals surface area contributed by atoms with E-state index in [2.05, 4.69) is 0 Å². The van der Waals surface area contributed by atoms with Gasteiger partial charge < -0.3 is 4.74 Å². The largest absolute Gasteiger partial charge is 0.497 e. The molecule has 38 heavy (non-hydrogen) atoms. The van der Waals surface area contributed by atoms with Gasteiger partial charge in [0, 0.05) is 23.5 Å². The zero-order valence-corrected chi connectivity index (χ0v) is 20.9. The summed E-state index contributed by atoms with van der Waals surface area (Å²) in [5.41, 5.74) is 2.26. The molecule has 1 unspecified atom stereocenters. The smallest absolute Gasteiger partial charge is 0.269 e. The van der Waals surface area contributed by atoms with E-state index in [1.54, 1.807) is 30.3 Å². The molecule has 0 saturated heterocycles. The quantitative estimate of drug-likeness (QED) is 0.173. The molecule has 9 nitrogen and oxygen atoms in total. The van der Waals surface area contributed by atoms with Gasteiger partial charge in [-0.25, -0.2) is 0 Å². The SMILES string of the molecule is COc1ccc([C@H]2CC(=O)C(C(=O)/C=C/c3ccc(C)cc3)[C@H](c3cccc([N+](=O)[O-])c3)[C@H]2[N+](=O)[O-])cc1. The van der Waals surface area contributed by atoms with E-state index in [1.165, 1.54) is 37.5 Å². The van der Waals surface area contributed by atoms with Crippen molar-refractivity contribution in [3.05, 3.63) is 121 Å². The van der Waals surface area contributed by atoms with E-state index in [0.29, 0.717) is 11.3 Å². The number of allylic oxidation sites excluding steroid dienone is 1. The van der Waals surface area contributed by atoms with Crippen LogP contribution in [0, 0.1) is 33.1 Å². The molecule has 4 atom stereocenters. The first-order valence-corrected chi connectivity index (χ1v) is 12.0. The van der Waals surface area contributed by atoms with Gasteiger partial charge in [-0.2, -0.15) is 0 Å². The van der Waals surface area contributed by atoms with E-state index in [0.717, 1.165) is 11.1 Å². The summed E-state index contributed by atoms with van der Waals surface area (Å²) < 4.78 is 5.18. The molecule has 3 aromatic carbocycles. The molecule has 0 bridgehead atoms. The van der Waals surface area contributed by atoms with E-state index in [1.807, 2.05) is 31.2 Å². The molecule has 9 heteroatoms. The number of ether oxygens (including phenoxy) is 1. The second kappa shape index (κ2) is 11.2. The standard InChI is InChI=1S/C29H26N2O7/c1-18-6-8-19(9-7-18)10-15-25(32)28-26(33)17-24(20-11-13-23(38-2)14-12-20)29(31(36)37)27(28)21-4-3-5-22(16-21)30(34)35/h3-16,24,27-29H,17H2,1-2H3/b15-10+/t24-,27+,28?,29+/m1/s1. The van der Waals surface area contributed by atoms with Crippen molar-refractivity contribution in [2.75, 3.05) is 7.11 Å². The lowest BCUT2D eigenvalue weighted by Crippen LogP contribution is -2.48. The number of benzene rings is 3. The molecular weight excluding hydrogens is 488 g/mol. The molecule has 1 aliphatic carbocycles. The predicted octanol–water partition coefficient (Wildman–Crippen LogP) is 5.30. The minimum atomic E-state index is -1.37. The van der Waals surface area contributed by atoms with Gasteiger partial charge in [0.15, 0.2) is 5.78 Å². The van der Waals surface area contributed by atoms with Crippen LogP contribution in [0.5, 0.6) is 5.75 Å². The molecule has 1 aliphatic rings. The van der Waals surface area contributed by atoms with Crippen LogP contribution < -0.4 is 4.74 Å². The number of rotatable bonds is 8. The molecule has 0 aromatic heterocycles. The maximum atomic E-state index is 13.5. The van der Waals surface area contributed by atoms with E-state index in [4.69, 9.17) is 4.74 Å². The lowest BCUT2D eigenvalue weighted by atomic mass is 9.64. The van der Waals surface area contributed by atoms with Crippen LogP contribution in [0.25, 0.3) is 6.08 Å². The monoisotopic (exact) mass is 514 g/mol.